The molecule has 0 aliphatic heterocycles. The van der Waals surface area contributed by atoms with Crippen LogP contribution in [0, 0.1) is 4.77 Å². The lowest BCUT2D eigenvalue weighted by atomic mass is 10.1. The molecule has 2 rings (SSSR count). The third-order valence-corrected chi connectivity index (χ3v) is 3.11. The Morgan fingerprint density at radius 1 is 1.58 bits per heavy atom. The van der Waals surface area contributed by atoms with Crippen LogP contribution in [-0.2, 0) is 6.54 Å². The molecule has 1 aromatic carbocycles. The standard InChI is InChI=1S/C13H13N3O2S/c1-3-6-16-12(18)9-5-4-8(11(17)14-2)7-10(9)15-13(16)19/h3-5,7H,1,6H2,2H3,(H,14,17)(H,15,19). The molecule has 1 amide bonds. The van der Waals surface area contributed by atoms with Gasteiger partial charge in [-0.1, -0.05) is 6.08 Å². The fraction of sp³-hybridized carbons (Fsp3) is 0.154. The summed E-state index contributed by atoms with van der Waals surface area (Å²) in [5.41, 5.74) is 0.833. The fourth-order valence-corrected chi connectivity index (χ4v) is 2.10. The van der Waals surface area contributed by atoms with E-state index in [9.17, 15) is 9.59 Å². The molecule has 6 heteroatoms. The van der Waals surface area contributed by atoms with E-state index in [-0.39, 0.29) is 11.5 Å². The van der Waals surface area contributed by atoms with Gasteiger partial charge in [0.25, 0.3) is 11.5 Å². The van der Waals surface area contributed by atoms with Crippen molar-refractivity contribution in [1.82, 2.24) is 14.9 Å². The summed E-state index contributed by atoms with van der Waals surface area (Å²) in [6.45, 7) is 3.94. The average Bonchev–Trinajstić information content (AvgIpc) is 2.42. The lowest BCUT2D eigenvalue weighted by molar-refractivity contribution is 0.0963. The van der Waals surface area contributed by atoms with Crippen molar-refractivity contribution in [2.45, 2.75) is 6.54 Å². The average molecular weight is 275 g/mol. The summed E-state index contributed by atoms with van der Waals surface area (Å²) in [4.78, 5) is 26.7. The number of nitrogens with one attached hydrogen (secondary N) is 2. The molecule has 5 nitrogen and oxygen atoms in total. The van der Waals surface area contributed by atoms with Crippen LogP contribution in [0.3, 0.4) is 0 Å². The van der Waals surface area contributed by atoms with E-state index in [0.717, 1.165) is 0 Å². The minimum Gasteiger partial charge on any atom is -0.355 e. The molecule has 2 aromatic rings. The number of fused-ring (bicyclic) bond motifs is 1. The van der Waals surface area contributed by atoms with Crippen molar-refractivity contribution in [2.75, 3.05) is 7.05 Å². The second-order valence-corrected chi connectivity index (χ2v) is 4.36. The van der Waals surface area contributed by atoms with Gasteiger partial charge in [-0.25, -0.2) is 0 Å². The topological polar surface area (TPSA) is 66.9 Å². The first kappa shape index (κ1) is 13.2. The molecule has 0 spiro atoms. The van der Waals surface area contributed by atoms with E-state index < -0.39 is 0 Å². The number of aromatic amines is 1. The van der Waals surface area contributed by atoms with Gasteiger partial charge < -0.3 is 10.3 Å². The highest BCUT2D eigenvalue weighted by atomic mass is 32.1. The molecule has 0 fully saturated rings. The number of aromatic nitrogens is 2. The van der Waals surface area contributed by atoms with Crippen molar-refractivity contribution in [3.8, 4) is 0 Å². The number of allylic oxidation sites excluding steroid dienone is 1. The van der Waals surface area contributed by atoms with Crippen LogP contribution in [-0.4, -0.2) is 22.5 Å². The Kier molecular flexibility index (Phi) is 3.62. The number of benzene rings is 1. The highest BCUT2D eigenvalue weighted by Gasteiger charge is 2.08. The van der Waals surface area contributed by atoms with E-state index in [1.807, 2.05) is 0 Å². The Bertz CT molecular complexity index is 774. The zero-order valence-electron chi connectivity index (χ0n) is 10.4. The number of amides is 1. The molecular weight excluding hydrogens is 262 g/mol. The zero-order chi connectivity index (χ0) is 14.0. The number of hydrogen-bond acceptors (Lipinski definition) is 3. The van der Waals surface area contributed by atoms with Crippen molar-refractivity contribution in [2.24, 2.45) is 0 Å². The molecule has 0 saturated carbocycles. The Labute approximate surface area is 114 Å². The summed E-state index contributed by atoms with van der Waals surface area (Å²) in [6.07, 6.45) is 1.61. The Hall–Kier alpha value is -2.21. The maximum atomic E-state index is 12.2. The van der Waals surface area contributed by atoms with Gasteiger partial charge in [0.15, 0.2) is 4.77 Å². The second kappa shape index (κ2) is 5.19. The summed E-state index contributed by atoms with van der Waals surface area (Å²) in [5, 5.41) is 3.02. The largest absolute Gasteiger partial charge is 0.355 e. The molecule has 2 N–H and O–H groups in total. The Morgan fingerprint density at radius 3 is 2.95 bits per heavy atom. The Morgan fingerprint density at radius 2 is 2.32 bits per heavy atom. The van der Waals surface area contributed by atoms with Crippen molar-refractivity contribution in [1.29, 1.82) is 0 Å². The van der Waals surface area contributed by atoms with Crippen LogP contribution in [0.25, 0.3) is 10.9 Å². The summed E-state index contributed by atoms with van der Waals surface area (Å²) in [7, 11) is 1.55. The first-order chi connectivity index (χ1) is 9.08. The van der Waals surface area contributed by atoms with Gasteiger partial charge in [-0.3, -0.25) is 14.2 Å². The predicted octanol–water partition coefficient (Wildman–Crippen LogP) is 1.60. The third-order valence-electron chi connectivity index (χ3n) is 2.78. The monoisotopic (exact) mass is 275 g/mol. The first-order valence-electron chi connectivity index (χ1n) is 5.68. The quantitative estimate of drug-likeness (QED) is 0.660. The lowest BCUT2D eigenvalue weighted by Gasteiger charge is -2.06. The molecule has 0 aliphatic carbocycles. The van der Waals surface area contributed by atoms with Crippen molar-refractivity contribution in [3.63, 3.8) is 0 Å². The van der Waals surface area contributed by atoms with Gasteiger partial charge in [0.05, 0.1) is 10.9 Å². The van der Waals surface area contributed by atoms with Crippen LogP contribution >= 0.6 is 12.2 Å². The van der Waals surface area contributed by atoms with Crippen LogP contribution in [0.5, 0.6) is 0 Å². The number of rotatable bonds is 3. The molecular formula is C13H13N3O2S. The molecule has 19 heavy (non-hydrogen) atoms. The summed E-state index contributed by atoms with van der Waals surface area (Å²) < 4.78 is 1.73. The molecule has 0 saturated heterocycles. The molecule has 1 aromatic heterocycles. The predicted molar refractivity (Wildman–Crippen MR) is 77.0 cm³/mol. The van der Waals surface area contributed by atoms with Crippen molar-refractivity contribution < 1.29 is 4.79 Å². The van der Waals surface area contributed by atoms with E-state index in [0.29, 0.717) is 27.8 Å². The minimum absolute atomic E-state index is 0.192. The first-order valence-corrected chi connectivity index (χ1v) is 6.09. The summed E-state index contributed by atoms with van der Waals surface area (Å²) in [5.74, 6) is -0.212. The SMILES string of the molecule is C=CCn1c(=S)[nH]c2cc(C(=O)NC)ccc2c1=O. The van der Waals surface area contributed by atoms with Crippen molar-refractivity contribution >= 4 is 29.0 Å². The maximum Gasteiger partial charge on any atom is 0.262 e. The van der Waals surface area contributed by atoms with Gasteiger partial charge in [-0.05, 0) is 30.4 Å². The highest BCUT2D eigenvalue weighted by Crippen LogP contribution is 2.10. The third kappa shape index (κ3) is 2.34. The molecule has 0 bridgehead atoms. The van der Waals surface area contributed by atoms with Gasteiger partial charge in [-0.15, -0.1) is 6.58 Å². The van der Waals surface area contributed by atoms with Gasteiger partial charge in [0.2, 0.25) is 0 Å². The number of carbonyl (C=O) groups excluding carboxylic acids is 1. The molecule has 0 radical (unpaired) electrons. The van der Waals surface area contributed by atoms with Crippen LogP contribution in [0.1, 0.15) is 10.4 Å². The summed E-state index contributed by atoms with van der Waals surface area (Å²) in [6, 6.07) is 4.84. The molecule has 0 aliphatic rings. The fourth-order valence-electron chi connectivity index (χ4n) is 1.83. The highest BCUT2D eigenvalue weighted by molar-refractivity contribution is 7.71. The number of nitrogens with zero attached hydrogens (tertiary/aromatic N) is 1. The molecule has 0 atom stereocenters. The number of hydrogen-bond donors (Lipinski definition) is 2. The second-order valence-electron chi connectivity index (χ2n) is 3.97. The van der Waals surface area contributed by atoms with E-state index in [4.69, 9.17) is 12.2 Å². The molecule has 0 unspecified atom stereocenters. The van der Waals surface area contributed by atoms with Crippen LogP contribution in [0.15, 0.2) is 35.6 Å². The van der Waals surface area contributed by atoms with Crippen LogP contribution in [0.2, 0.25) is 0 Å². The van der Waals surface area contributed by atoms with Gasteiger partial charge >= 0.3 is 0 Å². The smallest absolute Gasteiger partial charge is 0.262 e. The van der Waals surface area contributed by atoms with Gasteiger partial charge in [0, 0.05) is 19.2 Å². The molecule has 98 valence electrons. The summed E-state index contributed by atoms with van der Waals surface area (Å²) >= 11 is 5.13. The number of H-pyrrole nitrogens is 1. The van der Waals surface area contributed by atoms with E-state index in [1.165, 1.54) is 4.57 Å². The molecule has 1 heterocycles. The van der Waals surface area contributed by atoms with Crippen LogP contribution < -0.4 is 10.9 Å². The van der Waals surface area contributed by atoms with E-state index >= 15 is 0 Å². The maximum absolute atomic E-state index is 12.2. The van der Waals surface area contributed by atoms with Gasteiger partial charge in [0.1, 0.15) is 0 Å². The normalized spacial score (nSPS) is 10.4. The number of carbonyl (C=O) groups is 1. The zero-order valence-corrected chi connectivity index (χ0v) is 11.2. The Balaban J connectivity index is 2.74. The van der Waals surface area contributed by atoms with E-state index in [2.05, 4.69) is 16.9 Å². The van der Waals surface area contributed by atoms with Gasteiger partial charge in [-0.2, -0.15) is 0 Å². The minimum atomic E-state index is -0.212. The lowest BCUT2D eigenvalue weighted by Crippen LogP contribution is -2.22. The van der Waals surface area contributed by atoms with Crippen molar-refractivity contribution in [3.05, 3.63) is 51.5 Å². The van der Waals surface area contributed by atoms with E-state index in [1.54, 1.807) is 31.3 Å². The van der Waals surface area contributed by atoms with Crippen LogP contribution in [0.4, 0.5) is 0 Å².